The van der Waals surface area contributed by atoms with Crippen molar-refractivity contribution < 1.29 is 19.0 Å². The summed E-state index contributed by atoms with van der Waals surface area (Å²) in [5.74, 6) is -1.89. The van der Waals surface area contributed by atoms with Gasteiger partial charge in [0.25, 0.3) is 0 Å². The standard InChI is InChI=1S/C14H18ClFO3/c1-3-5-11(14(18)19-4-2)13(17)10-7-6-9(15)8-12(10)16/h6-8,11,13,17H,3-5H2,1-2H3. The van der Waals surface area contributed by atoms with E-state index in [4.69, 9.17) is 16.3 Å². The molecule has 1 N–H and O–H groups in total. The second kappa shape index (κ2) is 7.46. The molecular formula is C14H18ClFO3. The number of ether oxygens (including phenoxy) is 1. The molecule has 2 unspecified atom stereocenters. The van der Waals surface area contributed by atoms with Gasteiger partial charge in [0, 0.05) is 10.6 Å². The van der Waals surface area contributed by atoms with E-state index in [2.05, 4.69) is 0 Å². The molecule has 0 aliphatic heterocycles. The van der Waals surface area contributed by atoms with Crippen molar-refractivity contribution in [1.82, 2.24) is 0 Å². The molecule has 0 fully saturated rings. The lowest BCUT2D eigenvalue weighted by atomic mass is 9.91. The molecule has 0 heterocycles. The lowest BCUT2D eigenvalue weighted by Crippen LogP contribution is -2.25. The van der Waals surface area contributed by atoms with Gasteiger partial charge >= 0.3 is 5.97 Å². The predicted octanol–water partition coefficient (Wildman–Crippen LogP) is 3.49. The van der Waals surface area contributed by atoms with Crippen molar-refractivity contribution >= 4 is 17.6 Å². The van der Waals surface area contributed by atoms with Crippen LogP contribution in [-0.2, 0) is 9.53 Å². The van der Waals surface area contributed by atoms with Crippen LogP contribution in [0.3, 0.4) is 0 Å². The maximum absolute atomic E-state index is 13.8. The summed E-state index contributed by atoms with van der Waals surface area (Å²) in [5.41, 5.74) is 0.0657. The average Bonchev–Trinajstić information content (AvgIpc) is 2.35. The molecule has 0 aliphatic rings. The molecule has 0 saturated heterocycles. The van der Waals surface area contributed by atoms with E-state index in [0.29, 0.717) is 12.8 Å². The minimum Gasteiger partial charge on any atom is -0.466 e. The zero-order valence-electron chi connectivity index (χ0n) is 11.0. The van der Waals surface area contributed by atoms with Crippen LogP contribution in [0, 0.1) is 11.7 Å². The summed E-state index contributed by atoms with van der Waals surface area (Å²) in [5, 5.41) is 10.4. The van der Waals surface area contributed by atoms with E-state index < -0.39 is 23.8 Å². The molecule has 1 aromatic rings. The summed E-state index contributed by atoms with van der Waals surface area (Å²) in [6.07, 6.45) is -0.103. The maximum atomic E-state index is 13.8. The van der Waals surface area contributed by atoms with Crippen molar-refractivity contribution in [1.29, 1.82) is 0 Å². The molecule has 0 aromatic heterocycles. The van der Waals surface area contributed by atoms with E-state index in [1.165, 1.54) is 12.1 Å². The molecule has 1 aromatic carbocycles. The van der Waals surface area contributed by atoms with E-state index in [0.717, 1.165) is 6.07 Å². The molecule has 0 spiro atoms. The van der Waals surface area contributed by atoms with E-state index in [1.54, 1.807) is 6.92 Å². The van der Waals surface area contributed by atoms with E-state index in [1.807, 2.05) is 6.92 Å². The van der Waals surface area contributed by atoms with Crippen molar-refractivity contribution in [2.75, 3.05) is 6.61 Å². The Morgan fingerprint density at radius 3 is 2.68 bits per heavy atom. The Morgan fingerprint density at radius 2 is 2.16 bits per heavy atom. The van der Waals surface area contributed by atoms with Crippen LogP contribution in [0.25, 0.3) is 0 Å². The highest BCUT2D eigenvalue weighted by Gasteiger charge is 2.30. The zero-order chi connectivity index (χ0) is 14.4. The van der Waals surface area contributed by atoms with Crippen LogP contribution in [0.1, 0.15) is 38.4 Å². The average molecular weight is 289 g/mol. The third-order valence-electron chi connectivity index (χ3n) is 2.85. The van der Waals surface area contributed by atoms with E-state index >= 15 is 0 Å². The first kappa shape index (κ1) is 15.9. The number of halogens is 2. The summed E-state index contributed by atoms with van der Waals surface area (Å²) >= 11 is 5.66. The van der Waals surface area contributed by atoms with E-state index in [-0.39, 0.29) is 17.2 Å². The number of aliphatic hydroxyl groups is 1. The Kier molecular flexibility index (Phi) is 6.25. The van der Waals surface area contributed by atoms with Gasteiger partial charge in [0.15, 0.2) is 0 Å². The van der Waals surface area contributed by atoms with Crippen LogP contribution >= 0.6 is 11.6 Å². The molecule has 0 saturated carbocycles. The maximum Gasteiger partial charge on any atom is 0.311 e. The fraction of sp³-hybridized carbons (Fsp3) is 0.500. The molecule has 106 valence electrons. The summed E-state index contributed by atoms with van der Waals surface area (Å²) < 4.78 is 18.7. The molecule has 3 nitrogen and oxygen atoms in total. The van der Waals surface area contributed by atoms with Gasteiger partial charge in [0.2, 0.25) is 0 Å². The first-order valence-corrected chi connectivity index (χ1v) is 6.68. The predicted molar refractivity (Wildman–Crippen MR) is 71.4 cm³/mol. The number of esters is 1. The molecule has 5 heteroatoms. The molecule has 0 radical (unpaired) electrons. The largest absolute Gasteiger partial charge is 0.466 e. The van der Waals surface area contributed by atoms with Crippen LogP contribution in [0.2, 0.25) is 5.02 Å². The Balaban J connectivity index is 2.98. The zero-order valence-corrected chi connectivity index (χ0v) is 11.8. The number of carbonyl (C=O) groups is 1. The van der Waals surface area contributed by atoms with Gasteiger partial charge in [0.05, 0.1) is 18.6 Å². The number of benzene rings is 1. The fourth-order valence-corrected chi connectivity index (χ4v) is 2.08. The number of carbonyl (C=O) groups excluding carboxylic acids is 1. The van der Waals surface area contributed by atoms with Gasteiger partial charge in [-0.15, -0.1) is 0 Å². The van der Waals surface area contributed by atoms with Gasteiger partial charge in [0.1, 0.15) is 5.82 Å². The molecular weight excluding hydrogens is 271 g/mol. The third-order valence-corrected chi connectivity index (χ3v) is 3.09. The van der Waals surface area contributed by atoms with Crippen LogP contribution in [0.4, 0.5) is 4.39 Å². The van der Waals surface area contributed by atoms with Crippen LogP contribution < -0.4 is 0 Å². The van der Waals surface area contributed by atoms with Crippen LogP contribution in [0.15, 0.2) is 18.2 Å². The minimum absolute atomic E-state index is 0.0657. The topological polar surface area (TPSA) is 46.5 Å². The summed E-state index contributed by atoms with van der Waals surface area (Å²) in [4.78, 5) is 11.8. The number of rotatable bonds is 6. The quantitative estimate of drug-likeness (QED) is 0.815. The first-order chi connectivity index (χ1) is 9.01. The Hall–Kier alpha value is -1.13. The van der Waals surface area contributed by atoms with Crippen molar-refractivity contribution in [2.24, 2.45) is 5.92 Å². The summed E-state index contributed by atoms with van der Waals surface area (Å²) in [7, 11) is 0. The second-order valence-electron chi connectivity index (χ2n) is 4.26. The normalized spacial score (nSPS) is 13.9. The van der Waals surface area contributed by atoms with Gasteiger partial charge in [-0.2, -0.15) is 0 Å². The molecule has 0 amide bonds. The lowest BCUT2D eigenvalue weighted by Gasteiger charge is -2.21. The summed E-state index contributed by atoms with van der Waals surface area (Å²) in [6.45, 7) is 3.81. The van der Waals surface area contributed by atoms with Crippen molar-refractivity contribution in [2.45, 2.75) is 32.8 Å². The Labute approximate surface area is 117 Å². The van der Waals surface area contributed by atoms with Gasteiger partial charge in [-0.25, -0.2) is 4.39 Å². The number of hydrogen-bond donors (Lipinski definition) is 1. The van der Waals surface area contributed by atoms with Gasteiger partial charge in [-0.1, -0.05) is 31.0 Å². The van der Waals surface area contributed by atoms with Crippen molar-refractivity contribution in [3.63, 3.8) is 0 Å². The summed E-state index contributed by atoms with van der Waals surface area (Å²) in [6, 6.07) is 4.00. The molecule has 0 aliphatic carbocycles. The SMILES string of the molecule is CCCC(C(=O)OCC)C(O)c1ccc(Cl)cc1F. The number of hydrogen-bond acceptors (Lipinski definition) is 3. The minimum atomic E-state index is -1.23. The van der Waals surface area contributed by atoms with E-state index in [9.17, 15) is 14.3 Å². The Morgan fingerprint density at radius 1 is 1.47 bits per heavy atom. The monoisotopic (exact) mass is 288 g/mol. The van der Waals surface area contributed by atoms with Crippen molar-refractivity contribution in [3.05, 3.63) is 34.6 Å². The van der Waals surface area contributed by atoms with Crippen molar-refractivity contribution in [3.8, 4) is 0 Å². The molecule has 0 bridgehead atoms. The molecule has 1 rings (SSSR count). The second-order valence-corrected chi connectivity index (χ2v) is 4.69. The highest BCUT2D eigenvalue weighted by Crippen LogP contribution is 2.30. The first-order valence-electron chi connectivity index (χ1n) is 6.30. The van der Waals surface area contributed by atoms with Crippen LogP contribution in [0.5, 0.6) is 0 Å². The third kappa shape index (κ3) is 4.18. The van der Waals surface area contributed by atoms with Gasteiger partial charge in [-0.05, 0) is 25.5 Å². The highest BCUT2D eigenvalue weighted by atomic mass is 35.5. The smallest absolute Gasteiger partial charge is 0.311 e. The van der Waals surface area contributed by atoms with Gasteiger partial charge in [-0.3, -0.25) is 4.79 Å². The molecule has 2 atom stereocenters. The Bertz CT molecular complexity index is 437. The lowest BCUT2D eigenvalue weighted by molar-refractivity contribution is -0.152. The fourth-order valence-electron chi connectivity index (χ4n) is 1.92. The number of aliphatic hydroxyl groups excluding tert-OH is 1. The molecule has 19 heavy (non-hydrogen) atoms. The highest BCUT2D eigenvalue weighted by molar-refractivity contribution is 6.30. The van der Waals surface area contributed by atoms with Crippen LogP contribution in [-0.4, -0.2) is 17.7 Å². The van der Waals surface area contributed by atoms with Gasteiger partial charge < -0.3 is 9.84 Å².